The van der Waals surface area contributed by atoms with E-state index in [1.165, 1.54) is 24.3 Å². The van der Waals surface area contributed by atoms with Gasteiger partial charge in [-0.05, 0) is 118 Å². The number of nitro groups is 1. The normalized spacial score (nSPS) is 21.8. The number of hydrogen-bond donors (Lipinski definition) is 4. The number of sulfonamides is 1. The molecule has 368 valence electrons. The number of pyridine rings is 1. The van der Waals surface area contributed by atoms with Crippen LogP contribution in [0.15, 0.2) is 77.8 Å². The number of rotatable bonds is 16. The van der Waals surface area contributed by atoms with Crippen molar-refractivity contribution in [3.05, 3.63) is 99.7 Å². The maximum Gasteiger partial charge on any atom is 0.316 e. The highest BCUT2D eigenvalue weighted by atomic mass is 32.2. The van der Waals surface area contributed by atoms with E-state index in [9.17, 15) is 28.4 Å². The van der Waals surface area contributed by atoms with Crippen LogP contribution < -0.4 is 33.9 Å². The summed E-state index contributed by atoms with van der Waals surface area (Å²) in [5.74, 6) is -0.569. The molecule has 2 saturated carbocycles. The van der Waals surface area contributed by atoms with Gasteiger partial charge in [0, 0.05) is 61.2 Å². The first-order chi connectivity index (χ1) is 33.0. The number of carbonyl (C=O) groups excluding carboxylic acids is 1. The molecule has 3 fully saturated rings. The zero-order chi connectivity index (χ0) is 48.7. The molecule has 3 aromatic carbocycles. The van der Waals surface area contributed by atoms with Gasteiger partial charge in [-0.2, -0.15) is 4.98 Å². The van der Waals surface area contributed by atoms with Crippen LogP contribution in [0.3, 0.4) is 0 Å². The van der Waals surface area contributed by atoms with Crippen molar-refractivity contribution in [1.29, 1.82) is 0 Å². The molecule has 17 nitrogen and oxygen atoms in total. The summed E-state index contributed by atoms with van der Waals surface area (Å²) in [4.78, 5) is 35.1. The van der Waals surface area contributed by atoms with E-state index in [1.807, 2.05) is 13.0 Å². The van der Waals surface area contributed by atoms with E-state index in [4.69, 9.17) is 23.7 Å². The Morgan fingerprint density at radius 3 is 2.46 bits per heavy atom. The molecule has 1 amide bonds. The third-order valence-electron chi connectivity index (χ3n) is 14.6. The Morgan fingerprint density at radius 1 is 1.03 bits per heavy atom. The third kappa shape index (κ3) is 10.2. The molecule has 2 aliphatic heterocycles. The summed E-state index contributed by atoms with van der Waals surface area (Å²) in [6.45, 7) is 11.1. The first kappa shape index (κ1) is 48.1. The molecular formula is C51H62N6O11S. The number of hydrogen-bond acceptors (Lipinski definition) is 14. The van der Waals surface area contributed by atoms with Crippen molar-refractivity contribution < 1.29 is 46.9 Å². The van der Waals surface area contributed by atoms with E-state index in [2.05, 4.69) is 63.0 Å². The van der Waals surface area contributed by atoms with E-state index in [1.54, 1.807) is 31.3 Å². The van der Waals surface area contributed by atoms with Gasteiger partial charge in [-0.25, -0.2) is 13.1 Å². The number of anilines is 1. The summed E-state index contributed by atoms with van der Waals surface area (Å²) in [5.41, 5.74) is 2.65. The fourth-order valence-electron chi connectivity index (χ4n) is 10.7. The Balaban J connectivity index is 0.929. The van der Waals surface area contributed by atoms with Crippen molar-refractivity contribution >= 4 is 38.3 Å². The fourth-order valence-corrected chi connectivity index (χ4v) is 11.7. The molecule has 2 atom stereocenters. The lowest BCUT2D eigenvalue weighted by Gasteiger charge is -2.53. The SMILES string of the molecule is CCOC[C@H](NC1CC2(CCN(c3ccc(C(=O)NS(=O)(=O)c4cc5c(c([N+](=O)[O-])c4)O[C@H](C4CCC(C)(O)CC4)CO5)c(Oc4cc5cc[nH]c5nc4OC)c3)CC2)C1)c1ccccc1C(C)C. The molecule has 0 unspecified atom stereocenters. The van der Waals surface area contributed by atoms with Gasteiger partial charge in [0.2, 0.25) is 5.75 Å². The van der Waals surface area contributed by atoms with Gasteiger partial charge >= 0.3 is 5.69 Å². The molecule has 9 rings (SSSR count). The lowest BCUT2D eigenvalue weighted by Crippen LogP contribution is -2.54. The number of nitro benzene ring substituents is 1. The number of aromatic amines is 1. The molecule has 4 heterocycles. The first-order valence-electron chi connectivity index (χ1n) is 24.0. The number of H-pyrrole nitrogens is 1. The van der Waals surface area contributed by atoms with Gasteiger partial charge in [-0.15, -0.1) is 0 Å². The third-order valence-corrected chi connectivity index (χ3v) is 15.9. The van der Waals surface area contributed by atoms with Gasteiger partial charge in [0.05, 0.1) is 40.7 Å². The number of amides is 1. The number of benzene rings is 3. The minimum absolute atomic E-state index is 0.0164. The maximum absolute atomic E-state index is 14.2. The number of nitrogens with one attached hydrogen (secondary N) is 3. The van der Waals surface area contributed by atoms with E-state index in [0.717, 1.165) is 62.0 Å². The van der Waals surface area contributed by atoms with Crippen LogP contribution in [0.2, 0.25) is 0 Å². The predicted molar refractivity (Wildman–Crippen MR) is 259 cm³/mol. The molecule has 69 heavy (non-hydrogen) atoms. The lowest BCUT2D eigenvalue weighted by atomic mass is 9.60. The van der Waals surface area contributed by atoms with Crippen LogP contribution >= 0.6 is 0 Å². The van der Waals surface area contributed by atoms with E-state index >= 15 is 0 Å². The van der Waals surface area contributed by atoms with E-state index in [0.29, 0.717) is 56.5 Å². The predicted octanol–water partition coefficient (Wildman–Crippen LogP) is 8.71. The Bertz CT molecular complexity index is 2810. The van der Waals surface area contributed by atoms with Crippen molar-refractivity contribution in [3.8, 4) is 28.9 Å². The minimum Gasteiger partial charge on any atom is -0.485 e. The molecule has 1 spiro atoms. The topological polar surface area (TPSA) is 217 Å². The number of piperidine rings is 1. The average Bonchev–Trinajstić information content (AvgIpc) is 3.79. The van der Waals surface area contributed by atoms with Crippen LogP contribution in [0.25, 0.3) is 11.0 Å². The number of fused-ring (bicyclic) bond motifs is 2. The molecule has 2 aliphatic carbocycles. The van der Waals surface area contributed by atoms with Gasteiger partial charge in [-0.3, -0.25) is 14.9 Å². The van der Waals surface area contributed by atoms with Crippen LogP contribution in [-0.2, 0) is 14.8 Å². The number of aliphatic hydroxyl groups is 1. The largest absolute Gasteiger partial charge is 0.485 e. The molecule has 1 saturated heterocycles. The Kier molecular flexibility index (Phi) is 13.6. The maximum atomic E-state index is 14.2. The molecule has 5 aromatic rings. The average molecular weight is 967 g/mol. The molecule has 18 heteroatoms. The summed E-state index contributed by atoms with van der Waals surface area (Å²) in [6.07, 6.45) is 7.63. The number of carbonyl (C=O) groups is 1. The second-order valence-electron chi connectivity index (χ2n) is 19.7. The summed E-state index contributed by atoms with van der Waals surface area (Å²) in [7, 11) is -3.29. The van der Waals surface area contributed by atoms with Gasteiger partial charge in [-0.1, -0.05) is 38.1 Å². The van der Waals surface area contributed by atoms with Gasteiger partial charge in [0.15, 0.2) is 11.5 Å². The summed E-state index contributed by atoms with van der Waals surface area (Å²) in [6, 6.07) is 19.6. The summed E-state index contributed by atoms with van der Waals surface area (Å²) < 4.78 is 60.2. The second-order valence-corrected chi connectivity index (χ2v) is 21.4. The molecule has 4 N–H and O–H groups in total. The van der Waals surface area contributed by atoms with E-state index in [-0.39, 0.29) is 58.4 Å². The molecule has 2 aromatic heterocycles. The van der Waals surface area contributed by atoms with Crippen molar-refractivity contribution in [2.75, 3.05) is 44.9 Å². The lowest BCUT2D eigenvalue weighted by molar-refractivity contribution is -0.386. The molecule has 4 aliphatic rings. The molecular weight excluding hydrogens is 905 g/mol. The van der Waals surface area contributed by atoms with Gasteiger partial charge in [0.25, 0.3) is 21.8 Å². The van der Waals surface area contributed by atoms with Crippen LogP contribution in [0, 0.1) is 21.4 Å². The fraction of sp³-hybridized carbons (Fsp3) is 0.490. The van der Waals surface area contributed by atoms with Crippen molar-refractivity contribution in [3.63, 3.8) is 0 Å². The molecule has 0 radical (unpaired) electrons. The van der Waals surface area contributed by atoms with Crippen molar-refractivity contribution in [2.45, 2.75) is 114 Å². The number of aromatic nitrogens is 2. The van der Waals surface area contributed by atoms with Gasteiger partial charge < -0.3 is 44.0 Å². The summed E-state index contributed by atoms with van der Waals surface area (Å²) in [5, 5.41) is 27.5. The highest BCUT2D eigenvalue weighted by molar-refractivity contribution is 7.90. The monoisotopic (exact) mass is 966 g/mol. The number of ether oxygens (including phenoxy) is 5. The van der Waals surface area contributed by atoms with Crippen LogP contribution in [0.5, 0.6) is 28.9 Å². The van der Waals surface area contributed by atoms with Crippen LogP contribution in [0.4, 0.5) is 11.4 Å². The molecule has 0 bridgehead atoms. The Hall–Kier alpha value is -5.95. The Morgan fingerprint density at radius 2 is 1.77 bits per heavy atom. The quantitative estimate of drug-likeness (QED) is 0.0538. The highest BCUT2D eigenvalue weighted by Gasteiger charge is 2.47. The van der Waals surface area contributed by atoms with Crippen LogP contribution in [0.1, 0.15) is 113 Å². The minimum atomic E-state index is -4.73. The Labute approximate surface area is 402 Å². The zero-order valence-corrected chi connectivity index (χ0v) is 40.6. The smallest absolute Gasteiger partial charge is 0.316 e. The van der Waals surface area contributed by atoms with Crippen molar-refractivity contribution in [2.24, 2.45) is 11.3 Å². The first-order valence-corrected chi connectivity index (χ1v) is 25.5. The van der Waals surface area contributed by atoms with Crippen LogP contribution in [-0.4, -0.2) is 92.1 Å². The number of methoxy groups -OCH3 is 1. The second kappa shape index (κ2) is 19.4. The van der Waals surface area contributed by atoms with Gasteiger partial charge in [0.1, 0.15) is 24.1 Å². The standard InChI is InChI=1S/C51H62N6O11S/c1-6-65-29-40(38-10-8-7-9-37(38)31(2)3)53-34-27-51(28-34)18-21-56(22-19-51)35-11-12-39(42(24-35)67-44-23-33-15-20-52-47(33)54-49(44)64-5)48(58)55-69(62,63)36-25-41(57(60)61)46-43(26-36)66-30-45(68-46)32-13-16-50(4,59)17-14-32/h7-12,15,20,23-26,31-32,34,40,45,53,59H,6,13-14,16-19,21-22,27-30H2,1-5H3,(H,52,54)(H,55,58)/t32?,40-,45-,50?/m0/s1. The van der Waals surface area contributed by atoms with E-state index < -0.39 is 43.1 Å². The zero-order valence-electron chi connectivity index (χ0n) is 39.8. The summed E-state index contributed by atoms with van der Waals surface area (Å²) >= 11 is 0. The van der Waals surface area contributed by atoms with Crippen molar-refractivity contribution in [1.82, 2.24) is 20.0 Å². The number of nitrogens with zero attached hydrogens (tertiary/aromatic N) is 3. The highest BCUT2D eigenvalue weighted by Crippen LogP contribution is 2.51.